The Bertz CT molecular complexity index is 767. The summed E-state index contributed by atoms with van der Waals surface area (Å²) in [6, 6.07) is 6.87. The molecule has 0 aliphatic rings. The summed E-state index contributed by atoms with van der Waals surface area (Å²) >= 11 is 11.6. The van der Waals surface area contributed by atoms with Crippen LogP contribution >= 0.6 is 23.2 Å². The number of pyridine rings is 1. The predicted octanol–water partition coefficient (Wildman–Crippen LogP) is 2.01. The van der Waals surface area contributed by atoms with E-state index in [2.05, 4.69) is 10.4 Å². The van der Waals surface area contributed by atoms with Gasteiger partial charge in [0.1, 0.15) is 4.90 Å². The zero-order valence-electron chi connectivity index (χ0n) is 10.4. The van der Waals surface area contributed by atoms with Gasteiger partial charge in [-0.05, 0) is 30.3 Å². The van der Waals surface area contributed by atoms with Gasteiger partial charge in [0.15, 0.2) is 0 Å². The van der Waals surface area contributed by atoms with Gasteiger partial charge in [-0.3, -0.25) is 15.2 Å². The summed E-state index contributed by atoms with van der Waals surface area (Å²) in [4.78, 5) is 17.2. The highest BCUT2D eigenvalue weighted by Gasteiger charge is 2.19. The number of carbonyl (C=O) groups is 1. The molecule has 1 aromatic heterocycles. The Morgan fingerprint density at radius 3 is 2.43 bits per heavy atom. The summed E-state index contributed by atoms with van der Waals surface area (Å²) in [5.74, 6) is -0.626. The number of rotatable bonds is 4. The molecule has 0 spiro atoms. The predicted molar refractivity (Wildman–Crippen MR) is 78.5 cm³/mol. The van der Waals surface area contributed by atoms with Crippen molar-refractivity contribution in [2.75, 3.05) is 0 Å². The first-order valence-electron chi connectivity index (χ1n) is 5.57. The van der Waals surface area contributed by atoms with Crippen molar-refractivity contribution in [3.05, 3.63) is 58.3 Å². The molecule has 2 rings (SSSR count). The van der Waals surface area contributed by atoms with Crippen molar-refractivity contribution in [3.63, 3.8) is 0 Å². The Hall–Kier alpha value is -1.67. The number of hydrogen-bond donors (Lipinski definition) is 2. The van der Waals surface area contributed by atoms with Gasteiger partial charge in [-0.25, -0.2) is 8.42 Å². The first kappa shape index (κ1) is 15.7. The fourth-order valence-electron chi connectivity index (χ4n) is 1.43. The third-order valence-corrected chi connectivity index (χ3v) is 4.39. The number of sulfonamides is 1. The maximum Gasteiger partial charge on any atom is 0.266 e. The molecule has 1 amide bonds. The number of aromatic nitrogens is 1. The molecule has 0 aliphatic heterocycles. The second-order valence-corrected chi connectivity index (χ2v) is 6.36. The lowest BCUT2D eigenvalue weighted by Crippen LogP contribution is -2.41. The van der Waals surface area contributed by atoms with E-state index in [1.165, 1.54) is 42.7 Å². The summed E-state index contributed by atoms with van der Waals surface area (Å²) in [5, 5.41) is 0.199. The highest BCUT2D eigenvalue weighted by Crippen LogP contribution is 2.24. The van der Waals surface area contributed by atoms with Crippen LogP contribution in [0, 0.1) is 0 Å². The van der Waals surface area contributed by atoms with Crippen LogP contribution in [0.25, 0.3) is 0 Å². The van der Waals surface area contributed by atoms with Crippen LogP contribution < -0.4 is 10.3 Å². The van der Waals surface area contributed by atoms with Crippen molar-refractivity contribution in [3.8, 4) is 0 Å². The van der Waals surface area contributed by atoms with Gasteiger partial charge in [0.05, 0.1) is 5.02 Å². The highest BCUT2D eigenvalue weighted by atomic mass is 35.5. The largest absolute Gasteiger partial charge is 0.273 e. The molecule has 0 aliphatic carbocycles. The third kappa shape index (κ3) is 3.92. The van der Waals surface area contributed by atoms with E-state index in [9.17, 15) is 13.2 Å². The average molecular weight is 346 g/mol. The van der Waals surface area contributed by atoms with Gasteiger partial charge < -0.3 is 0 Å². The molecule has 2 aromatic rings. The Morgan fingerprint density at radius 1 is 1.10 bits per heavy atom. The van der Waals surface area contributed by atoms with Crippen LogP contribution in [0.4, 0.5) is 0 Å². The van der Waals surface area contributed by atoms with Crippen molar-refractivity contribution < 1.29 is 13.2 Å². The monoisotopic (exact) mass is 345 g/mol. The number of amides is 1. The molecule has 0 saturated heterocycles. The summed E-state index contributed by atoms with van der Waals surface area (Å²) in [5.41, 5.74) is 2.33. The summed E-state index contributed by atoms with van der Waals surface area (Å²) in [7, 11) is -4.03. The molecule has 0 atom stereocenters. The van der Waals surface area contributed by atoms with Gasteiger partial charge in [-0.15, -0.1) is 4.83 Å². The van der Waals surface area contributed by atoms with Gasteiger partial charge in [-0.1, -0.05) is 23.2 Å². The minimum absolute atomic E-state index is 0.00920. The Balaban J connectivity index is 2.15. The standard InChI is InChI=1S/C12H9Cl2N3O3S/c13-9-1-2-10(14)11(7-9)21(19,20)17-16-12(18)8-3-5-15-6-4-8/h1-7,17H,(H,16,18). The molecule has 0 fully saturated rings. The molecule has 6 nitrogen and oxygen atoms in total. The lowest BCUT2D eigenvalue weighted by molar-refractivity contribution is 0.0945. The van der Waals surface area contributed by atoms with Gasteiger partial charge in [-0.2, -0.15) is 0 Å². The van der Waals surface area contributed by atoms with E-state index in [-0.39, 0.29) is 20.5 Å². The molecule has 0 unspecified atom stereocenters. The molecule has 1 aromatic carbocycles. The normalized spacial score (nSPS) is 11.1. The van der Waals surface area contributed by atoms with Crippen LogP contribution in [0.3, 0.4) is 0 Å². The quantitative estimate of drug-likeness (QED) is 0.829. The fourth-order valence-corrected chi connectivity index (χ4v) is 3.03. The molecule has 2 N–H and O–H groups in total. The summed E-state index contributed by atoms with van der Waals surface area (Å²) < 4.78 is 24.1. The molecule has 9 heteroatoms. The first-order valence-corrected chi connectivity index (χ1v) is 7.81. The van der Waals surface area contributed by atoms with E-state index < -0.39 is 15.9 Å². The highest BCUT2D eigenvalue weighted by molar-refractivity contribution is 7.89. The average Bonchev–Trinajstić information content (AvgIpc) is 2.48. The number of nitrogens with one attached hydrogen (secondary N) is 2. The van der Waals surface area contributed by atoms with Crippen LogP contribution in [0.5, 0.6) is 0 Å². The number of nitrogens with zero attached hydrogens (tertiary/aromatic N) is 1. The molecule has 0 bridgehead atoms. The number of hydrogen-bond acceptors (Lipinski definition) is 4. The zero-order valence-corrected chi connectivity index (χ0v) is 12.7. The van der Waals surface area contributed by atoms with Crippen molar-refractivity contribution in [2.45, 2.75) is 4.90 Å². The van der Waals surface area contributed by atoms with Crippen LogP contribution in [0.15, 0.2) is 47.6 Å². The zero-order chi connectivity index (χ0) is 15.5. The SMILES string of the molecule is O=C(NNS(=O)(=O)c1cc(Cl)ccc1Cl)c1ccncc1. The van der Waals surface area contributed by atoms with E-state index in [4.69, 9.17) is 23.2 Å². The smallest absolute Gasteiger partial charge is 0.266 e. The number of carbonyl (C=O) groups excluding carboxylic acids is 1. The van der Waals surface area contributed by atoms with E-state index >= 15 is 0 Å². The van der Waals surface area contributed by atoms with Crippen LogP contribution in [0.2, 0.25) is 10.0 Å². The molecular weight excluding hydrogens is 337 g/mol. The summed E-state index contributed by atoms with van der Waals surface area (Å²) in [6.07, 6.45) is 2.83. The summed E-state index contributed by atoms with van der Waals surface area (Å²) in [6.45, 7) is 0. The minimum Gasteiger partial charge on any atom is -0.273 e. The number of halogens is 2. The Kier molecular flexibility index (Phi) is 4.79. The van der Waals surface area contributed by atoms with Crippen molar-refractivity contribution >= 4 is 39.1 Å². The van der Waals surface area contributed by atoms with Gasteiger partial charge >= 0.3 is 0 Å². The van der Waals surface area contributed by atoms with Crippen LogP contribution in [-0.2, 0) is 10.0 Å². The molecular formula is C12H9Cl2N3O3S. The fraction of sp³-hybridized carbons (Fsp3) is 0. The van der Waals surface area contributed by atoms with Gasteiger partial charge in [0, 0.05) is 23.0 Å². The second kappa shape index (κ2) is 6.40. The molecule has 1 heterocycles. The van der Waals surface area contributed by atoms with Gasteiger partial charge in [0.2, 0.25) is 0 Å². The molecule has 0 radical (unpaired) electrons. The maximum atomic E-state index is 12.1. The maximum absolute atomic E-state index is 12.1. The number of benzene rings is 1. The number of hydrazine groups is 1. The van der Waals surface area contributed by atoms with E-state index in [1.54, 1.807) is 0 Å². The molecule has 21 heavy (non-hydrogen) atoms. The van der Waals surface area contributed by atoms with E-state index in [1.807, 2.05) is 4.83 Å². The lowest BCUT2D eigenvalue weighted by Gasteiger charge is -2.09. The van der Waals surface area contributed by atoms with E-state index in [0.29, 0.717) is 0 Å². The van der Waals surface area contributed by atoms with Crippen molar-refractivity contribution in [1.82, 2.24) is 15.2 Å². The van der Waals surface area contributed by atoms with Crippen molar-refractivity contribution in [2.24, 2.45) is 0 Å². The van der Waals surface area contributed by atoms with Crippen molar-refractivity contribution in [1.29, 1.82) is 0 Å². The van der Waals surface area contributed by atoms with Crippen LogP contribution in [-0.4, -0.2) is 19.3 Å². The van der Waals surface area contributed by atoms with Gasteiger partial charge in [0.25, 0.3) is 15.9 Å². The minimum atomic E-state index is -4.03. The first-order chi connectivity index (χ1) is 9.90. The van der Waals surface area contributed by atoms with Crippen LogP contribution in [0.1, 0.15) is 10.4 Å². The molecule has 110 valence electrons. The van der Waals surface area contributed by atoms with E-state index in [0.717, 1.165) is 0 Å². The Morgan fingerprint density at radius 2 is 1.76 bits per heavy atom. The third-order valence-electron chi connectivity index (χ3n) is 2.42. The second-order valence-electron chi connectivity index (χ2n) is 3.87. The topological polar surface area (TPSA) is 88.2 Å². The Labute approximate surface area is 131 Å². The molecule has 0 saturated carbocycles. The lowest BCUT2D eigenvalue weighted by atomic mass is 10.3.